The molecule has 3 heterocycles. The highest BCUT2D eigenvalue weighted by molar-refractivity contribution is 5.93. The Labute approximate surface area is 169 Å². The summed E-state index contributed by atoms with van der Waals surface area (Å²) in [5.41, 5.74) is 4.22. The number of nitrogens with one attached hydrogen (secondary N) is 2. The highest BCUT2D eigenvalue weighted by Gasteiger charge is 2.20. The van der Waals surface area contributed by atoms with Gasteiger partial charge in [0.15, 0.2) is 0 Å². The summed E-state index contributed by atoms with van der Waals surface area (Å²) in [5, 5.41) is 18.1. The molecule has 29 heavy (non-hydrogen) atoms. The lowest BCUT2D eigenvalue weighted by molar-refractivity contribution is 0.0706. The quantitative estimate of drug-likeness (QED) is 0.438. The Hall–Kier alpha value is -2.97. The third-order valence-electron chi connectivity index (χ3n) is 5.61. The molecule has 2 aromatic heterocycles. The molecule has 0 aliphatic carbocycles. The molecule has 1 saturated heterocycles. The zero-order chi connectivity index (χ0) is 20.2. The minimum Gasteiger partial charge on any atom is -0.357 e. The lowest BCUT2D eigenvalue weighted by Gasteiger charge is -2.33. The summed E-state index contributed by atoms with van der Waals surface area (Å²) < 4.78 is 1.94. The van der Waals surface area contributed by atoms with Crippen LogP contribution in [0.25, 0.3) is 10.9 Å². The van der Waals surface area contributed by atoms with Gasteiger partial charge in [-0.05, 0) is 43.5 Å². The van der Waals surface area contributed by atoms with Gasteiger partial charge in [0, 0.05) is 38.3 Å². The van der Waals surface area contributed by atoms with Crippen LogP contribution < -0.4 is 15.7 Å². The van der Waals surface area contributed by atoms with Gasteiger partial charge in [-0.15, -0.1) is 0 Å². The number of hydrogen-bond acceptors (Lipinski definition) is 6. The largest absolute Gasteiger partial charge is 0.357 e. The van der Waals surface area contributed by atoms with Crippen LogP contribution in [0.2, 0.25) is 0 Å². The van der Waals surface area contributed by atoms with Gasteiger partial charge in [-0.2, -0.15) is 5.10 Å². The fraction of sp³-hybridized carbons (Fsp3) is 0.381. The Bertz CT molecular complexity index is 977. The van der Waals surface area contributed by atoms with Crippen molar-refractivity contribution in [2.24, 2.45) is 13.0 Å². The number of hydroxylamine groups is 1. The summed E-state index contributed by atoms with van der Waals surface area (Å²) in [4.78, 5) is 18.0. The molecule has 0 atom stereocenters. The van der Waals surface area contributed by atoms with Crippen molar-refractivity contribution < 1.29 is 10.0 Å². The number of rotatable bonds is 6. The van der Waals surface area contributed by atoms with E-state index in [1.165, 1.54) is 11.6 Å². The molecule has 0 unspecified atom stereocenters. The molecule has 0 bridgehead atoms. The Morgan fingerprint density at radius 3 is 2.72 bits per heavy atom. The number of nitrogens with zero attached hydrogens (tertiary/aromatic N) is 4. The summed E-state index contributed by atoms with van der Waals surface area (Å²) in [6, 6.07) is 11.8. The molecule has 1 fully saturated rings. The Morgan fingerprint density at radius 1 is 1.21 bits per heavy atom. The van der Waals surface area contributed by atoms with Gasteiger partial charge < -0.3 is 10.2 Å². The predicted molar refractivity (Wildman–Crippen MR) is 111 cm³/mol. The minimum absolute atomic E-state index is 0.345. The van der Waals surface area contributed by atoms with Gasteiger partial charge >= 0.3 is 0 Å². The van der Waals surface area contributed by atoms with Crippen LogP contribution in [-0.2, 0) is 13.6 Å². The van der Waals surface area contributed by atoms with Gasteiger partial charge in [-0.3, -0.25) is 14.7 Å². The third kappa shape index (κ3) is 4.23. The first-order chi connectivity index (χ1) is 14.2. The van der Waals surface area contributed by atoms with Crippen molar-refractivity contribution in [3.8, 4) is 0 Å². The zero-order valence-corrected chi connectivity index (χ0v) is 16.5. The zero-order valence-electron chi connectivity index (χ0n) is 16.5. The van der Waals surface area contributed by atoms with E-state index in [9.17, 15) is 4.79 Å². The number of carbonyl (C=O) groups is 1. The van der Waals surface area contributed by atoms with Crippen LogP contribution in [0.4, 0.5) is 5.82 Å². The fourth-order valence-electron chi connectivity index (χ4n) is 3.95. The van der Waals surface area contributed by atoms with Crippen LogP contribution >= 0.6 is 0 Å². The maximum atomic E-state index is 11.4. The first-order valence-electron chi connectivity index (χ1n) is 9.92. The molecule has 3 N–H and O–H groups in total. The Balaban J connectivity index is 1.26. The van der Waals surface area contributed by atoms with Gasteiger partial charge in [0.2, 0.25) is 0 Å². The second-order valence-electron chi connectivity index (χ2n) is 7.49. The van der Waals surface area contributed by atoms with Crippen molar-refractivity contribution in [1.82, 2.24) is 25.6 Å². The first kappa shape index (κ1) is 19.4. The normalized spacial score (nSPS) is 15.0. The number of aryl methyl sites for hydroxylation is 1. The van der Waals surface area contributed by atoms with Crippen LogP contribution in [0.15, 0.2) is 42.6 Å². The van der Waals surface area contributed by atoms with Crippen molar-refractivity contribution in [2.75, 3.05) is 24.5 Å². The topological polar surface area (TPSA) is 95.3 Å². The van der Waals surface area contributed by atoms with Crippen molar-refractivity contribution in [2.45, 2.75) is 19.4 Å². The number of hydrogen-bond donors (Lipinski definition) is 3. The summed E-state index contributed by atoms with van der Waals surface area (Å²) in [5.74, 6) is 0.945. The molecule has 1 aromatic carbocycles. The lowest BCUT2D eigenvalue weighted by atomic mass is 9.96. The van der Waals surface area contributed by atoms with Gasteiger partial charge in [0.05, 0.1) is 16.8 Å². The van der Waals surface area contributed by atoms with E-state index in [0.29, 0.717) is 11.5 Å². The third-order valence-corrected chi connectivity index (χ3v) is 5.61. The van der Waals surface area contributed by atoms with Crippen LogP contribution in [0.1, 0.15) is 28.9 Å². The summed E-state index contributed by atoms with van der Waals surface area (Å²) >= 11 is 0. The highest BCUT2D eigenvalue weighted by atomic mass is 16.5. The molecular formula is C21H26N6O2. The molecule has 0 saturated carbocycles. The molecule has 4 rings (SSSR count). The molecule has 1 amide bonds. The standard InChI is InChI=1S/C21H26N6O2/c1-26-19-5-3-2-4-17(19)18(24-26)14-22-12-15-8-10-27(11-9-15)20-7-6-16(13-23-20)21(28)25-29/h2-7,13,15,22,29H,8-12,14H2,1H3,(H,25,28). The van der Waals surface area contributed by atoms with Crippen LogP contribution in [0.3, 0.4) is 0 Å². The van der Waals surface area contributed by atoms with E-state index in [2.05, 4.69) is 38.5 Å². The average molecular weight is 394 g/mol. The number of fused-ring (bicyclic) bond motifs is 1. The number of benzene rings is 1. The fourth-order valence-corrected chi connectivity index (χ4v) is 3.95. The van der Waals surface area contributed by atoms with E-state index in [-0.39, 0.29) is 0 Å². The second kappa shape index (κ2) is 8.59. The number of aromatic nitrogens is 3. The van der Waals surface area contributed by atoms with Gasteiger partial charge in [0.25, 0.3) is 5.91 Å². The SMILES string of the molecule is Cn1nc(CNCC2CCN(c3ccc(C(=O)NO)cn3)CC2)c2ccccc21. The second-order valence-corrected chi connectivity index (χ2v) is 7.49. The van der Waals surface area contributed by atoms with Crippen LogP contribution in [-0.4, -0.2) is 45.5 Å². The molecule has 152 valence electrons. The summed E-state index contributed by atoms with van der Waals surface area (Å²) in [6.45, 7) is 3.63. The molecule has 0 radical (unpaired) electrons. The van der Waals surface area contributed by atoms with E-state index < -0.39 is 5.91 Å². The number of pyridine rings is 1. The van der Waals surface area contributed by atoms with E-state index >= 15 is 0 Å². The monoisotopic (exact) mass is 394 g/mol. The Morgan fingerprint density at radius 2 is 2.00 bits per heavy atom. The van der Waals surface area contributed by atoms with Crippen molar-refractivity contribution in [3.63, 3.8) is 0 Å². The first-order valence-corrected chi connectivity index (χ1v) is 9.92. The van der Waals surface area contributed by atoms with E-state index in [1.807, 2.05) is 23.9 Å². The van der Waals surface area contributed by atoms with Crippen molar-refractivity contribution in [3.05, 3.63) is 53.9 Å². The molecular weight excluding hydrogens is 368 g/mol. The molecule has 1 aliphatic heterocycles. The summed E-state index contributed by atoms with van der Waals surface area (Å²) in [7, 11) is 1.98. The molecule has 3 aromatic rings. The smallest absolute Gasteiger partial charge is 0.276 e. The maximum absolute atomic E-state index is 11.4. The predicted octanol–water partition coefficient (Wildman–Crippen LogP) is 2.09. The maximum Gasteiger partial charge on any atom is 0.276 e. The average Bonchev–Trinajstić information content (AvgIpc) is 3.10. The van der Waals surface area contributed by atoms with Crippen molar-refractivity contribution >= 4 is 22.6 Å². The van der Waals surface area contributed by atoms with Crippen LogP contribution in [0.5, 0.6) is 0 Å². The number of amides is 1. The van der Waals surface area contributed by atoms with Gasteiger partial charge in [-0.1, -0.05) is 18.2 Å². The number of piperidine rings is 1. The molecule has 0 spiro atoms. The minimum atomic E-state index is -0.547. The molecule has 8 heteroatoms. The number of para-hydroxylation sites is 1. The van der Waals surface area contributed by atoms with Crippen molar-refractivity contribution in [1.29, 1.82) is 0 Å². The Kier molecular flexibility index (Phi) is 5.73. The van der Waals surface area contributed by atoms with Gasteiger partial charge in [-0.25, -0.2) is 10.5 Å². The summed E-state index contributed by atoms with van der Waals surface area (Å²) in [6.07, 6.45) is 3.68. The van der Waals surface area contributed by atoms with E-state index in [4.69, 9.17) is 5.21 Å². The highest BCUT2D eigenvalue weighted by Crippen LogP contribution is 2.22. The van der Waals surface area contributed by atoms with Gasteiger partial charge in [0.1, 0.15) is 5.82 Å². The molecule has 8 nitrogen and oxygen atoms in total. The molecule has 1 aliphatic rings. The van der Waals surface area contributed by atoms with E-state index in [1.54, 1.807) is 11.5 Å². The number of carbonyl (C=O) groups excluding carboxylic acids is 1. The number of anilines is 1. The van der Waals surface area contributed by atoms with E-state index in [0.717, 1.165) is 56.0 Å². The van der Waals surface area contributed by atoms with Crippen LogP contribution in [0, 0.1) is 5.92 Å². The lowest BCUT2D eigenvalue weighted by Crippen LogP contribution is -2.37.